The van der Waals surface area contributed by atoms with Gasteiger partial charge in [0.1, 0.15) is 5.70 Å². The van der Waals surface area contributed by atoms with Crippen LogP contribution in [0.3, 0.4) is 0 Å². The third-order valence-corrected chi connectivity index (χ3v) is 3.50. The van der Waals surface area contributed by atoms with Crippen LogP contribution in [0.4, 0.5) is 5.69 Å². The van der Waals surface area contributed by atoms with Crippen molar-refractivity contribution in [3.8, 4) is 0 Å². The lowest BCUT2D eigenvalue weighted by molar-refractivity contribution is -0.138. The maximum Gasteiger partial charge on any atom is 0.354 e. The molecule has 1 aromatic carbocycles. The molecular formula is C19H25NO6. The Morgan fingerprint density at radius 1 is 1.00 bits per heavy atom. The van der Waals surface area contributed by atoms with Crippen LogP contribution in [0.2, 0.25) is 0 Å². The summed E-state index contributed by atoms with van der Waals surface area (Å²) in [6, 6.07) is 6.34. The SMILES string of the molecule is CCCCCCOC(=O)c1ccc(N/C(=C/C(=O)OC)C(=O)OC)cc1. The molecule has 1 rings (SSSR count). The number of esters is 3. The monoisotopic (exact) mass is 363 g/mol. The lowest BCUT2D eigenvalue weighted by Crippen LogP contribution is -2.15. The van der Waals surface area contributed by atoms with Gasteiger partial charge in [-0.05, 0) is 30.7 Å². The Morgan fingerprint density at radius 2 is 1.69 bits per heavy atom. The smallest absolute Gasteiger partial charge is 0.354 e. The zero-order valence-corrected chi connectivity index (χ0v) is 15.4. The Morgan fingerprint density at radius 3 is 2.27 bits per heavy atom. The molecule has 0 amide bonds. The van der Waals surface area contributed by atoms with Gasteiger partial charge in [-0.2, -0.15) is 0 Å². The molecule has 0 aliphatic carbocycles. The molecule has 0 heterocycles. The highest BCUT2D eigenvalue weighted by atomic mass is 16.5. The fourth-order valence-electron chi connectivity index (χ4n) is 2.05. The van der Waals surface area contributed by atoms with Gasteiger partial charge in [0.25, 0.3) is 0 Å². The van der Waals surface area contributed by atoms with Crippen molar-refractivity contribution in [1.29, 1.82) is 0 Å². The van der Waals surface area contributed by atoms with Gasteiger partial charge >= 0.3 is 17.9 Å². The molecule has 0 aromatic heterocycles. The summed E-state index contributed by atoms with van der Waals surface area (Å²) in [5.74, 6) is -1.81. The van der Waals surface area contributed by atoms with Crippen molar-refractivity contribution < 1.29 is 28.6 Å². The summed E-state index contributed by atoms with van der Waals surface area (Å²) in [7, 11) is 2.41. The summed E-state index contributed by atoms with van der Waals surface area (Å²) >= 11 is 0. The predicted molar refractivity (Wildman–Crippen MR) is 96.6 cm³/mol. The Bertz CT molecular complexity index is 636. The molecule has 1 aromatic rings. The van der Waals surface area contributed by atoms with E-state index in [1.165, 1.54) is 14.2 Å². The second-order valence-corrected chi connectivity index (χ2v) is 5.47. The molecule has 0 bridgehead atoms. The van der Waals surface area contributed by atoms with Crippen molar-refractivity contribution in [3.05, 3.63) is 41.6 Å². The number of nitrogens with one attached hydrogen (secondary N) is 1. The van der Waals surface area contributed by atoms with E-state index in [4.69, 9.17) is 4.74 Å². The van der Waals surface area contributed by atoms with Crippen LogP contribution in [0.5, 0.6) is 0 Å². The lowest BCUT2D eigenvalue weighted by Gasteiger charge is -2.10. The summed E-state index contributed by atoms with van der Waals surface area (Å²) in [6.45, 7) is 2.51. The number of carbonyl (C=O) groups is 3. The average Bonchev–Trinajstić information content (AvgIpc) is 2.66. The highest BCUT2D eigenvalue weighted by Gasteiger charge is 2.13. The number of rotatable bonds is 10. The molecule has 0 aliphatic heterocycles. The van der Waals surface area contributed by atoms with Crippen molar-refractivity contribution in [2.75, 3.05) is 26.1 Å². The standard InChI is InChI=1S/C19H25NO6/c1-4-5-6-7-12-26-18(22)14-8-10-15(11-9-14)20-16(19(23)25-3)13-17(21)24-2/h8-11,13,20H,4-7,12H2,1-3H3/b16-13+. The van der Waals surface area contributed by atoms with Crippen molar-refractivity contribution >= 4 is 23.6 Å². The van der Waals surface area contributed by atoms with Crippen molar-refractivity contribution in [2.45, 2.75) is 32.6 Å². The van der Waals surface area contributed by atoms with Crippen LogP contribution in [0.15, 0.2) is 36.0 Å². The number of anilines is 1. The average molecular weight is 363 g/mol. The number of methoxy groups -OCH3 is 2. The van der Waals surface area contributed by atoms with Crippen LogP contribution in [0.25, 0.3) is 0 Å². The Labute approximate surface area is 153 Å². The highest BCUT2D eigenvalue weighted by molar-refractivity contribution is 5.98. The molecule has 0 unspecified atom stereocenters. The second kappa shape index (κ2) is 11.7. The third-order valence-electron chi connectivity index (χ3n) is 3.50. The van der Waals surface area contributed by atoms with Gasteiger partial charge in [0.05, 0.1) is 32.5 Å². The molecule has 7 heteroatoms. The molecule has 0 atom stereocenters. The molecule has 7 nitrogen and oxygen atoms in total. The first-order valence-corrected chi connectivity index (χ1v) is 8.44. The van der Waals surface area contributed by atoms with Gasteiger partial charge in [-0.3, -0.25) is 0 Å². The zero-order chi connectivity index (χ0) is 19.4. The molecule has 26 heavy (non-hydrogen) atoms. The second-order valence-electron chi connectivity index (χ2n) is 5.47. The fraction of sp³-hybridized carbons (Fsp3) is 0.421. The van der Waals surface area contributed by atoms with E-state index in [9.17, 15) is 14.4 Å². The van der Waals surface area contributed by atoms with Gasteiger partial charge in [0.15, 0.2) is 0 Å². The summed E-state index contributed by atoms with van der Waals surface area (Å²) in [6.07, 6.45) is 5.12. The Balaban J connectivity index is 2.67. The molecule has 0 spiro atoms. The quantitative estimate of drug-likeness (QED) is 0.296. The van der Waals surface area contributed by atoms with Gasteiger partial charge in [0, 0.05) is 5.69 Å². The largest absolute Gasteiger partial charge is 0.466 e. The number of benzene rings is 1. The molecular weight excluding hydrogens is 338 g/mol. The van der Waals surface area contributed by atoms with Crippen LogP contribution in [0.1, 0.15) is 43.0 Å². The van der Waals surface area contributed by atoms with Crippen molar-refractivity contribution in [1.82, 2.24) is 0 Å². The molecule has 1 N–H and O–H groups in total. The fourth-order valence-corrected chi connectivity index (χ4v) is 2.05. The maximum atomic E-state index is 12.0. The Kier molecular flexibility index (Phi) is 9.53. The Hall–Kier alpha value is -2.83. The summed E-state index contributed by atoms with van der Waals surface area (Å²) in [4.78, 5) is 35.0. The summed E-state index contributed by atoms with van der Waals surface area (Å²) in [5, 5.41) is 2.76. The van der Waals surface area contributed by atoms with E-state index in [0.717, 1.165) is 31.8 Å². The van der Waals surface area contributed by atoms with E-state index in [1.54, 1.807) is 24.3 Å². The molecule has 142 valence electrons. The van der Waals surface area contributed by atoms with Crippen LogP contribution in [-0.2, 0) is 23.8 Å². The number of hydrogen-bond acceptors (Lipinski definition) is 7. The van der Waals surface area contributed by atoms with Crippen LogP contribution < -0.4 is 5.32 Å². The van der Waals surface area contributed by atoms with E-state index in [0.29, 0.717) is 17.9 Å². The first-order chi connectivity index (χ1) is 12.5. The first kappa shape index (κ1) is 21.2. The van der Waals surface area contributed by atoms with Crippen LogP contribution in [0, 0.1) is 0 Å². The topological polar surface area (TPSA) is 90.9 Å². The minimum absolute atomic E-state index is 0.0781. The van der Waals surface area contributed by atoms with Gasteiger partial charge in [-0.25, -0.2) is 14.4 Å². The van der Waals surface area contributed by atoms with Gasteiger partial charge < -0.3 is 19.5 Å². The summed E-state index contributed by atoms with van der Waals surface area (Å²) in [5.41, 5.74) is 0.832. The number of hydrogen-bond donors (Lipinski definition) is 1. The minimum Gasteiger partial charge on any atom is -0.466 e. The van der Waals surface area contributed by atoms with Gasteiger partial charge in [-0.1, -0.05) is 26.2 Å². The molecule has 0 radical (unpaired) electrons. The van der Waals surface area contributed by atoms with E-state index in [1.807, 2.05) is 0 Å². The van der Waals surface area contributed by atoms with Gasteiger partial charge in [-0.15, -0.1) is 0 Å². The molecule has 0 saturated carbocycles. The van der Waals surface area contributed by atoms with Crippen molar-refractivity contribution in [2.24, 2.45) is 0 Å². The summed E-state index contributed by atoms with van der Waals surface area (Å²) < 4.78 is 14.3. The van der Waals surface area contributed by atoms with Crippen molar-refractivity contribution in [3.63, 3.8) is 0 Å². The van der Waals surface area contributed by atoms with E-state index < -0.39 is 17.9 Å². The zero-order valence-electron chi connectivity index (χ0n) is 15.4. The highest BCUT2D eigenvalue weighted by Crippen LogP contribution is 2.14. The molecule has 0 aliphatic rings. The van der Waals surface area contributed by atoms with E-state index in [2.05, 4.69) is 21.7 Å². The van der Waals surface area contributed by atoms with Crippen LogP contribution >= 0.6 is 0 Å². The maximum absolute atomic E-state index is 12.0. The number of ether oxygens (including phenoxy) is 3. The van der Waals surface area contributed by atoms with Gasteiger partial charge in [0.2, 0.25) is 0 Å². The minimum atomic E-state index is -0.717. The first-order valence-electron chi connectivity index (χ1n) is 8.44. The predicted octanol–water partition coefficient (Wildman–Crippen LogP) is 3.07. The lowest BCUT2D eigenvalue weighted by atomic mass is 10.2. The van der Waals surface area contributed by atoms with Crippen LogP contribution in [-0.4, -0.2) is 38.7 Å². The molecule has 0 saturated heterocycles. The molecule has 0 fully saturated rings. The third kappa shape index (κ3) is 7.38. The normalized spacial score (nSPS) is 10.8. The van der Waals surface area contributed by atoms with E-state index in [-0.39, 0.29) is 5.70 Å². The number of carbonyl (C=O) groups excluding carboxylic acids is 3. The number of unbranched alkanes of at least 4 members (excludes halogenated alkanes) is 3. The van der Waals surface area contributed by atoms with E-state index >= 15 is 0 Å².